The molecule has 0 spiro atoms. The van der Waals surface area contributed by atoms with E-state index in [9.17, 15) is 9.59 Å². The molecule has 0 aliphatic carbocycles. The highest BCUT2D eigenvalue weighted by molar-refractivity contribution is 5.98. The van der Waals surface area contributed by atoms with E-state index < -0.39 is 6.10 Å². The Kier molecular flexibility index (Phi) is 5.18. The van der Waals surface area contributed by atoms with Crippen LogP contribution in [0.15, 0.2) is 48.5 Å². The minimum absolute atomic E-state index is 0.127. The van der Waals surface area contributed by atoms with Crippen molar-refractivity contribution in [1.29, 1.82) is 0 Å². The summed E-state index contributed by atoms with van der Waals surface area (Å²) in [6, 6.07) is 14.8. The van der Waals surface area contributed by atoms with E-state index in [2.05, 4.69) is 10.6 Å². The zero-order valence-corrected chi connectivity index (χ0v) is 14.0. The molecule has 0 aromatic heterocycles. The van der Waals surface area contributed by atoms with Crippen molar-refractivity contribution in [3.63, 3.8) is 0 Å². The van der Waals surface area contributed by atoms with E-state index in [-0.39, 0.29) is 18.4 Å². The molecule has 25 heavy (non-hydrogen) atoms. The number of methoxy groups -OCH3 is 1. The first-order chi connectivity index (χ1) is 12.2. The minimum Gasteiger partial charge on any atom is -0.497 e. The van der Waals surface area contributed by atoms with Crippen LogP contribution in [0.4, 0.5) is 5.69 Å². The van der Waals surface area contributed by atoms with Crippen LogP contribution in [0.1, 0.15) is 12.0 Å². The molecule has 1 unspecified atom stereocenters. The number of anilines is 1. The molecule has 3 rings (SSSR count). The number of amides is 2. The zero-order valence-electron chi connectivity index (χ0n) is 14.0. The highest BCUT2D eigenvalue weighted by Crippen LogP contribution is 2.28. The number of para-hydroxylation sites is 2. The van der Waals surface area contributed by atoms with Crippen molar-refractivity contribution in [2.75, 3.05) is 19.0 Å². The first-order valence-electron chi connectivity index (χ1n) is 8.12. The van der Waals surface area contributed by atoms with E-state index in [1.807, 2.05) is 36.4 Å². The molecule has 0 saturated carbocycles. The average molecular weight is 340 g/mol. The summed E-state index contributed by atoms with van der Waals surface area (Å²) < 4.78 is 10.8. The van der Waals surface area contributed by atoms with Crippen LogP contribution < -0.4 is 20.1 Å². The van der Waals surface area contributed by atoms with Gasteiger partial charge >= 0.3 is 0 Å². The van der Waals surface area contributed by atoms with Gasteiger partial charge in [-0.3, -0.25) is 9.59 Å². The number of hydrogen-bond acceptors (Lipinski definition) is 4. The Morgan fingerprint density at radius 2 is 2.08 bits per heavy atom. The lowest BCUT2D eigenvalue weighted by molar-refractivity contribution is -0.125. The highest BCUT2D eigenvalue weighted by atomic mass is 16.5. The van der Waals surface area contributed by atoms with E-state index in [1.165, 1.54) is 0 Å². The van der Waals surface area contributed by atoms with Gasteiger partial charge in [-0.25, -0.2) is 0 Å². The van der Waals surface area contributed by atoms with Crippen LogP contribution in [-0.4, -0.2) is 31.6 Å². The molecule has 2 aromatic rings. The fraction of sp³-hybridized carbons (Fsp3) is 0.263. The Labute approximate surface area is 146 Å². The Morgan fingerprint density at radius 3 is 2.92 bits per heavy atom. The Hall–Kier alpha value is -3.02. The Morgan fingerprint density at radius 1 is 1.24 bits per heavy atom. The maximum absolute atomic E-state index is 12.0. The zero-order chi connectivity index (χ0) is 17.6. The molecule has 1 aliphatic heterocycles. The Bertz CT molecular complexity index is 776. The third-order valence-electron chi connectivity index (χ3n) is 3.97. The summed E-state index contributed by atoms with van der Waals surface area (Å²) in [6.07, 6.45) is 0.206. The SMILES string of the molecule is COc1cccc(CCC(=O)NCC2Oc3ccccc3NC2=O)c1. The second-order valence-corrected chi connectivity index (χ2v) is 5.75. The molecule has 1 heterocycles. The molecule has 2 N–H and O–H groups in total. The molecule has 130 valence electrons. The molecule has 2 amide bonds. The van der Waals surface area contributed by atoms with E-state index >= 15 is 0 Å². The van der Waals surface area contributed by atoms with Crippen LogP contribution in [0.5, 0.6) is 11.5 Å². The molecule has 6 nitrogen and oxygen atoms in total. The molecule has 1 atom stereocenters. The van der Waals surface area contributed by atoms with Crippen molar-refractivity contribution in [3.05, 3.63) is 54.1 Å². The van der Waals surface area contributed by atoms with Gasteiger partial charge in [0.25, 0.3) is 5.91 Å². The molecule has 0 radical (unpaired) electrons. The van der Waals surface area contributed by atoms with Crippen molar-refractivity contribution in [2.45, 2.75) is 18.9 Å². The van der Waals surface area contributed by atoms with Gasteiger partial charge in [0.2, 0.25) is 5.91 Å². The molecule has 6 heteroatoms. The standard InChI is InChI=1S/C19H20N2O4/c1-24-14-6-4-5-13(11-14)9-10-18(22)20-12-17-19(23)21-15-7-2-3-8-16(15)25-17/h2-8,11,17H,9-10,12H2,1H3,(H,20,22)(H,21,23). The van der Waals surface area contributed by atoms with E-state index in [0.717, 1.165) is 11.3 Å². The molecule has 2 aromatic carbocycles. The summed E-state index contributed by atoms with van der Waals surface area (Å²) in [5.74, 6) is 0.992. The number of fused-ring (bicyclic) bond motifs is 1. The number of rotatable bonds is 6. The summed E-state index contributed by atoms with van der Waals surface area (Å²) in [4.78, 5) is 24.1. The lowest BCUT2D eigenvalue weighted by Gasteiger charge is -2.25. The fourth-order valence-electron chi connectivity index (χ4n) is 2.61. The van der Waals surface area contributed by atoms with Crippen molar-refractivity contribution < 1.29 is 19.1 Å². The molecule has 0 saturated heterocycles. The number of benzene rings is 2. The van der Waals surface area contributed by atoms with Crippen LogP contribution >= 0.6 is 0 Å². The van der Waals surface area contributed by atoms with Gasteiger partial charge in [-0.2, -0.15) is 0 Å². The van der Waals surface area contributed by atoms with Crippen LogP contribution in [0.3, 0.4) is 0 Å². The van der Waals surface area contributed by atoms with Gasteiger partial charge in [0, 0.05) is 6.42 Å². The summed E-state index contributed by atoms with van der Waals surface area (Å²) in [6.45, 7) is 0.136. The predicted octanol–water partition coefficient (Wildman–Crippen LogP) is 2.14. The third kappa shape index (κ3) is 4.29. The molecular formula is C19H20N2O4. The number of hydrogen-bond donors (Lipinski definition) is 2. The Balaban J connectivity index is 1.48. The first kappa shape index (κ1) is 16.8. The van der Waals surface area contributed by atoms with Gasteiger partial charge in [-0.15, -0.1) is 0 Å². The largest absolute Gasteiger partial charge is 0.497 e. The summed E-state index contributed by atoms with van der Waals surface area (Å²) in [5, 5.41) is 5.53. The van der Waals surface area contributed by atoms with E-state index in [4.69, 9.17) is 9.47 Å². The second-order valence-electron chi connectivity index (χ2n) is 5.75. The van der Waals surface area contributed by atoms with Gasteiger partial charge in [0.05, 0.1) is 19.3 Å². The topological polar surface area (TPSA) is 76.7 Å². The van der Waals surface area contributed by atoms with Gasteiger partial charge in [-0.05, 0) is 36.2 Å². The number of ether oxygens (including phenoxy) is 2. The van der Waals surface area contributed by atoms with Crippen molar-refractivity contribution in [1.82, 2.24) is 5.32 Å². The average Bonchev–Trinajstić information content (AvgIpc) is 2.64. The smallest absolute Gasteiger partial charge is 0.267 e. The van der Waals surface area contributed by atoms with Crippen molar-refractivity contribution in [2.24, 2.45) is 0 Å². The van der Waals surface area contributed by atoms with Crippen LogP contribution in [0.25, 0.3) is 0 Å². The van der Waals surface area contributed by atoms with Gasteiger partial charge in [-0.1, -0.05) is 24.3 Å². The van der Waals surface area contributed by atoms with Crippen molar-refractivity contribution in [3.8, 4) is 11.5 Å². The highest BCUT2D eigenvalue weighted by Gasteiger charge is 2.27. The van der Waals surface area contributed by atoms with Crippen LogP contribution in [0.2, 0.25) is 0 Å². The molecular weight excluding hydrogens is 320 g/mol. The number of aryl methyl sites for hydroxylation is 1. The van der Waals surface area contributed by atoms with E-state index in [1.54, 1.807) is 19.2 Å². The predicted molar refractivity (Wildman–Crippen MR) is 93.8 cm³/mol. The first-order valence-corrected chi connectivity index (χ1v) is 8.12. The van der Waals surface area contributed by atoms with E-state index in [0.29, 0.717) is 24.3 Å². The molecule has 1 aliphatic rings. The number of carbonyl (C=O) groups is 2. The van der Waals surface area contributed by atoms with Crippen LogP contribution in [-0.2, 0) is 16.0 Å². The van der Waals surface area contributed by atoms with Crippen molar-refractivity contribution >= 4 is 17.5 Å². The lowest BCUT2D eigenvalue weighted by atomic mass is 10.1. The second kappa shape index (κ2) is 7.70. The van der Waals surface area contributed by atoms with Gasteiger partial charge < -0.3 is 20.1 Å². The van der Waals surface area contributed by atoms with Crippen LogP contribution in [0, 0.1) is 0 Å². The minimum atomic E-state index is -0.726. The molecule has 0 fully saturated rings. The van der Waals surface area contributed by atoms with Gasteiger partial charge in [0.15, 0.2) is 6.10 Å². The monoisotopic (exact) mass is 340 g/mol. The number of carbonyl (C=O) groups excluding carboxylic acids is 2. The molecule has 0 bridgehead atoms. The fourth-order valence-corrected chi connectivity index (χ4v) is 2.61. The quantitative estimate of drug-likeness (QED) is 0.845. The summed E-state index contributed by atoms with van der Waals surface area (Å²) in [5.41, 5.74) is 1.67. The third-order valence-corrected chi connectivity index (χ3v) is 3.97. The maximum atomic E-state index is 12.0. The number of nitrogens with one attached hydrogen (secondary N) is 2. The maximum Gasteiger partial charge on any atom is 0.267 e. The summed E-state index contributed by atoms with van der Waals surface area (Å²) >= 11 is 0. The summed E-state index contributed by atoms with van der Waals surface area (Å²) in [7, 11) is 1.61. The normalized spacial score (nSPS) is 15.6. The lowest BCUT2D eigenvalue weighted by Crippen LogP contribution is -2.45. The van der Waals surface area contributed by atoms with Gasteiger partial charge in [0.1, 0.15) is 11.5 Å².